The summed E-state index contributed by atoms with van der Waals surface area (Å²) in [6.07, 6.45) is 2.17. The summed E-state index contributed by atoms with van der Waals surface area (Å²) in [6.45, 7) is 4.10. The molecule has 0 spiro atoms. The number of rotatable bonds is 1. The number of aromatic nitrogens is 1. The molecule has 0 radical (unpaired) electrons. The molecule has 1 saturated carbocycles. The SMILES string of the molecule is Cc1ccc(C2(N)CC2)nc1C. The highest BCUT2D eigenvalue weighted by atomic mass is 14.9. The van der Waals surface area contributed by atoms with Gasteiger partial charge in [0.15, 0.2) is 0 Å². The molecule has 1 aliphatic rings. The molecule has 0 aliphatic heterocycles. The lowest BCUT2D eigenvalue weighted by Crippen LogP contribution is -2.20. The molecule has 1 aliphatic carbocycles. The monoisotopic (exact) mass is 162 g/mol. The predicted octanol–water partition coefficient (Wildman–Crippen LogP) is 1.65. The third-order valence-corrected chi connectivity index (χ3v) is 2.65. The Labute approximate surface area is 72.8 Å². The molecule has 1 heterocycles. The first-order chi connectivity index (χ1) is 5.62. The first-order valence-electron chi connectivity index (χ1n) is 4.35. The van der Waals surface area contributed by atoms with Crippen LogP contribution in [0.1, 0.15) is 29.8 Å². The van der Waals surface area contributed by atoms with Crippen molar-refractivity contribution in [1.29, 1.82) is 0 Å². The van der Waals surface area contributed by atoms with Gasteiger partial charge in [-0.2, -0.15) is 0 Å². The smallest absolute Gasteiger partial charge is 0.0605 e. The molecule has 0 amide bonds. The van der Waals surface area contributed by atoms with Crippen molar-refractivity contribution in [2.75, 3.05) is 0 Å². The van der Waals surface area contributed by atoms with Crippen LogP contribution >= 0.6 is 0 Å². The Kier molecular flexibility index (Phi) is 1.48. The molecule has 2 heteroatoms. The summed E-state index contributed by atoms with van der Waals surface area (Å²) in [5.41, 5.74) is 9.34. The maximum absolute atomic E-state index is 6.02. The molecule has 1 fully saturated rings. The van der Waals surface area contributed by atoms with Crippen LogP contribution in [0.2, 0.25) is 0 Å². The Morgan fingerprint density at radius 1 is 1.33 bits per heavy atom. The molecule has 2 N–H and O–H groups in total. The minimum atomic E-state index is -0.0849. The number of nitrogens with zero attached hydrogens (tertiary/aromatic N) is 1. The van der Waals surface area contributed by atoms with Crippen LogP contribution in [0.15, 0.2) is 12.1 Å². The van der Waals surface area contributed by atoms with Crippen LogP contribution in [0.3, 0.4) is 0 Å². The van der Waals surface area contributed by atoms with Gasteiger partial charge in [0, 0.05) is 5.69 Å². The standard InChI is InChI=1S/C10H14N2/c1-7-3-4-9(12-8(7)2)10(11)5-6-10/h3-4H,5-6,11H2,1-2H3. The Bertz CT molecular complexity index is 314. The second-order valence-corrected chi connectivity index (χ2v) is 3.75. The molecular weight excluding hydrogens is 148 g/mol. The number of nitrogens with two attached hydrogens (primary N) is 1. The molecule has 12 heavy (non-hydrogen) atoms. The maximum Gasteiger partial charge on any atom is 0.0605 e. The van der Waals surface area contributed by atoms with Crippen molar-refractivity contribution < 1.29 is 0 Å². The fourth-order valence-electron chi connectivity index (χ4n) is 1.30. The summed E-state index contributed by atoms with van der Waals surface area (Å²) >= 11 is 0. The second-order valence-electron chi connectivity index (χ2n) is 3.75. The molecule has 0 saturated heterocycles. The van der Waals surface area contributed by atoms with E-state index in [0.717, 1.165) is 24.2 Å². The molecule has 2 rings (SSSR count). The Morgan fingerprint density at radius 2 is 2.00 bits per heavy atom. The summed E-state index contributed by atoms with van der Waals surface area (Å²) in [6, 6.07) is 4.15. The van der Waals surface area contributed by atoms with Gasteiger partial charge in [-0.05, 0) is 38.3 Å². The van der Waals surface area contributed by atoms with E-state index < -0.39 is 0 Å². The molecule has 0 bridgehead atoms. The van der Waals surface area contributed by atoms with E-state index in [1.54, 1.807) is 0 Å². The van der Waals surface area contributed by atoms with Gasteiger partial charge in [-0.1, -0.05) is 6.07 Å². The molecule has 1 aromatic heterocycles. The van der Waals surface area contributed by atoms with Crippen LogP contribution in [-0.4, -0.2) is 4.98 Å². The summed E-state index contributed by atoms with van der Waals surface area (Å²) in [5, 5.41) is 0. The lowest BCUT2D eigenvalue weighted by Gasteiger charge is -2.09. The average molecular weight is 162 g/mol. The van der Waals surface area contributed by atoms with E-state index in [0.29, 0.717) is 0 Å². The van der Waals surface area contributed by atoms with Gasteiger partial charge in [0.2, 0.25) is 0 Å². The van der Waals surface area contributed by atoms with E-state index in [9.17, 15) is 0 Å². The van der Waals surface area contributed by atoms with E-state index in [2.05, 4.69) is 24.0 Å². The van der Waals surface area contributed by atoms with Crippen LogP contribution in [0.25, 0.3) is 0 Å². The van der Waals surface area contributed by atoms with Crippen molar-refractivity contribution in [2.24, 2.45) is 5.73 Å². The fraction of sp³-hybridized carbons (Fsp3) is 0.500. The fourth-order valence-corrected chi connectivity index (χ4v) is 1.30. The number of hydrogen-bond donors (Lipinski definition) is 1. The van der Waals surface area contributed by atoms with Gasteiger partial charge in [-0.15, -0.1) is 0 Å². The molecule has 1 aromatic rings. The van der Waals surface area contributed by atoms with Crippen molar-refractivity contribution in [1.82, 2.24) is 4.98 Å². The van der Waals surface area contributed by atoms with Gasteiger partial charge in [0.25, 0.3) is 0 Å². The summed E-state index contributed by atoms with van der Waals surface area (Å²) < 4.78 is 0. The van der Waals surface area contributed by atoms with E-state index >= 15 is 0 Å². The van der Waals surface area contributed by atoms with Crippen molar-refractivity contribution in [3.05, 3.63) is 29.1 Å². The second kappa shape index (κ2) is 2.30. The Morgan fingerprint density at radius 3 is 2.50 bits per heavy atom. The van der Waals surface area contributed by atoms with Crippen molar-refractivity contribution in [3.63, 3.8) is 0 Å². The van der Waals surface area contributed by atoms with E-state index in [1.807, 2.05) is 6.92 Å². The zero-order chi connectivity index (χ0) is 8.77. The summed E-state index contributed by atoms with van der Waals surface area (Å²) in [5.74, 6) is 0. The molecule has 2 nitrogen and oxygen atoms in total. The van der Waals surface area contributed by atoms with Crippen LogP contribution in [0, 0.1) is 13.8 Å². The van der Waals surface area contributed by atoms with Crippen molar-refractivity contribution >= 4 is 0 Å². The maximum atomic E-state index is 6.02. The highest BCUT2D eigenvalue weighted by molar-refractivity contribution is 5.28. The lowest BCUT2D eigenvalue weighted by atomic mass is 10.1. The van der Waals surface area contributed by atoms with E-state index in [1.165, 1.54) is 5.56 Å². The minimum Gasteiger partial charge on any atom is -0.320 e. The number of pyridine rings is 1. The minimum absolute atomic E-state index is 0.0849. The first kappa shape index (κ1) is 7.74. The van der Waals surface area contributed by atoms with Gasteiger partial charge in [-0.25, -0.2) is 0 Å². The lowest BCUT2D eigenvalue weighted by molar-refractivity contribution is 0.702. The van der Waals surface area contributed by atoms with Gasteiger partial charge >= 0.3 is 0 Å². The molecule has 64 valence electrons. The van der Waals surface area contributed by atoms with Gasteiger partial charge in [0.05, 0.1) is 11.2 Å². The normalized spacial score (nSPS) is 19.2. The van der Waals surface area contributed by atoms with Gasteiger partial charge in [-0.3, -0.25) is 4.98 Å². The van der Waals surface area contributed by atoms with Gasteiger partial charge in [0.1, 0.15) is 0 Å². The van der Waals surface area contributed by atoms with Crippen LogP contribution in [0.5, 0.6) is 0 Å². The quantitative estimate of drug-likeness (QED) is 0.682. The van der Waals surface area contributed by atoms with Crippen molar-refractivity contribution in [2.45, 2.75) is 32.2 Å². The zero-order valence-electron chi connectivity index (χ0n) is 7.59. The average Bonchev–Trinajstić information content (AvgIpc) is 2.75. The van der Waals surface area contributed by atoms with Crippen LogP contribution in [0.4, 0.5) is 0 Å². The third-order valence-electron chi connectivity index (χ3n) is 2.65. The van der Waals surface area contributed by atoms with E-state index in [-0.39, 0.29) is 5.54 Å². The zero-order valence-corrected chi connectivity index (χ0v) is 7.59. The summed E-state index contributed by atoms with van der Waals surface area (Å²) in [4.78, 5) is 4.48. The Hall–Kier alpha value is -0.890. The van der Waals surface area contributed by atoms with Gasteiger partial charge < -0.3 is 5.73 Å². The van der Waals surface area contributed by atoms with Crippen LogP contribution < -0.4 is 5.73 Å². The summed E-state index contributed by atoms with van der Waals surface area (Å²) in [7, 11) is 0. The largest absolute Gasteiger partial charge is 0.320 e. The topological polar surface area (TPSA) is 38.9 Å². The van der Waals surface area contributed by atoms with E-state index in [4.69, 9.17) is 5.73 Å². The molecule has 0 atom stereocenters. The third kappa shape index (κ3) is 1.12. The molecule has 0 unspecified atom stereocenters. The number of hydrogen-bond acceptors (Lipinski definition) is 2. The van der Waals surface area contributed by atoms with Crippen molar-refractivity contribution in [3.8, 4) is 0 Å². The first-order valence-corrected chi connectivity index (χ1v) is 4.35. The van der Waals surface area contributed by atoms with Crippen LogP contribution in [-0.2, 0) is 5.54 Å². The predicted molar refractivity (Wildman–Crippen MR) is 48.8 cm³/mol. The molecule has 0 aromatic carbocycles. The highest BCUT2D eigenvalue weighted by Gasteiger charge is 2.41. The molecular formula is C10H14N2. The highest BCUT2D eigenvalue weighted by Crippen LogP contribution is 2.41. The Balaban J connectivity index is 2.41. The number of aryl methyl sites for hydroxylation is 2.